The molecule has 2 aliphatic heterocycles. The smallest absolute Gasteiger partial charge is 0.247 e. The lowest BCUT2D eigenvalue weighted by molar-refractivity contribution is -0.118. The van der Waals surface area contributed by atoms with Gasteiger partial charge in [0.2, 0.25) is 5.91 Å². The Labute approximate surface area is 99.4 Å². The zero-order chi connectivity index (χ0) is 11.1. The first-order chi connectivity index (χ1) is 7.75. The molecule has 0 aromatic heterocycles. The largest absolute Gasteiger partial charge is 0.358 e. The maximum Gasteiger partial charge on any atom is 0.247 e. The van der Waals surface area contributed by atoms with Crippen molar-refractivity contribution in [3.63, 3.8) is 0 Å². The lowest BCUT2D eigenvalue weighted by Gasteiger charge is -2.41. The molecule has 3 nitrogen and oxygen atoms in total. The number of rotatable bonds is 0. The van der Waals surface area contributed by atoms with Crippen LogP contribution in [0.15, 0.2) is 18.2 Å². The summed E-state index contributed by atoms with van der Waals surface area (Å²) >= 11 is 5.93. The van der Waals surface area contributed by atoms with Gasteiger partial charge in [0.1, 0.15) is 6.04 Å². The van der Waals surface area contributed by atoms with Crippen LogP contribution in [-0.4, -0.2) is 18.5 Å². The molecule has 84 valence electrons. The molecular formula is C12H13ClN2O. The standard InChI is InChI=1S/C12H13ClN2O/c13-8-4-5-10-9(7-8)14-12(16)11-3-1-2-6-15(10)11/h4-5,7,11H,1-3,6H2,(H,14,16). The van der Waals surface area contributed by atoms with Gasteiger partial charge in [-0.1, -0.05) is 11.6 Å². The molecule has 2 heterocycles. The molecule has 1 N–H and O–H groups in total. The van der Waals surface area contributed by atoms with Crippen LogP contribution in [0.1, 0.15) is 19.3 Å². The molecule has 0 radical (unpaired) electrons. The SMILES string of the molecule is O=C1Nc2cc(Cl)ccc2N2CCCCC12. The van der Waals surface area contributed by atoms with Gasteiger partial charge in [0.25, 0.3) is 0 Å². The third-order valence-electron chi connectivity index (χ3n) is 3.33. The van der Waals surface area contributed by atoms with Crippen LogP contribution in [0.25, 0.3) is 0 Å². The van der Waals surface area contributed by atoms with E-state index in [4.69, 9.17) is 11.6 Å². The lowest BCUT2D eigenvalue weighted by Crippen LogP contribution is -2.50. The highest BCUT2D eigenvalue weighted by Crippen LogP contribution is 2.37. The van der Waals surface area contributed by atoms with E-state index < -0.39 is 0 Å². The Bertz CT molecular complexity index is 447. The number of nitrogens with zero attached hydrogens (tertiary/aromatic N) is 1. The number of hydrogen-bond donors (Lipinski definition) is 1. The van der Waals surface area contributed by atoms with E-state index in [1.54, 1.807) is 0 Å². The van der Waals surface area contributed by atoms with Gasteiger partial charge >= 0.3 is 0 Å². The fourth-order valence-corrected chi connectivity index (χ4v) is 2.74. The number of halogens is 1. The minimum atomic E-state index is 0.0161. The fourth-order valence-electron chi connectivity index (χ4n) is 2.57. The molecule has 0 spiro atoms. The van der Waals surface area contributed by atoms with E-state index in [2.05, 4.69) is 10.2 Å². The van der Waals surface area contributed by atoms with Crippen LogP contribution in [0.2, 0.25) is 5.02 Å². The molecule has 2 aliphatic rings. The van der Waals surface area contributed by atoms with Crippen LogP contribution in [0.4, 0.5) is 11.4 Å². The summed E-state index contributed by atoms with van der Waals surface area (Å²) in [5, 5.41) is 3.60. The van der Waals surface area contributed by atoms with Crippen molar-refractivity contribution >= 4 is 28.9 Å². The van der Waals surface area contributed by atoms with E-state index in [-0.39, 0.29) is 11.9 Å². The van der Waals surface area contributed by atoms with E-state index in [1.165, 1.54) is 0 Å². The molecule has 1 amide bonds. The highest BCUT2D eigenvalue weighted by molar-refractivity contribution is 6.31. The zero-order valence-corrected chi connectivity index (χ0v) is 9.63. The molecule has 1 atom stereocenters. The van der Waals surface area contributed by atoms with Crippen molar-refractivity contribution in [1.82, 2.24) is 0 Å². The van der Waals surface area contributed by atoms with Crippen molar-refractivity contribution in [1.29, 1.82) is 0 Å². The van der Waals surface area contributed by atoms with E-state index in [0.717, 1.165) is 37.2 Å². The Hall–Kier alpha value is -1.22. The first kappa shape index (κ1) is 9.97. The maximum atomic E-state index is 11.9. The molecule has 0 bridgehead atoms. The highest BCUT2D eigenvalue weighted by atomic mass is 35.5. The van der Waals surface area contributed by atoms with E-state index in [9.17, 15) is 4.79 Å². The van der Waals surface area contributed by atoms with Gasteiger partial charge in [-0.05, 0) is 37.5 Å². The van der Waals surface area contributed by atoms with Crippen LogP contribution < -0.4 is 10.2 Å². The molecule has 1 aromatic rings. The number of amides is 1. The van der Waals surface area contributed by atoms with Crippen LogP contribution in [0.3, 0.4) is 0 Å². The summed E-state index contributed by atoms with van der Waals surface area (Å²) in [4.78, 5) is 14.1. The van der Waals surface area contributed by atoms with E-state index in [1.807, 2.05) is 18.2 Å². The predicted octanol–water partition coefficient (Wildman–Crippen LogP) is 2.65. The van der Waals surface area contributed by atoms with Crippen LogP contribution >= 0.6 is 11.6 Å². The van der Waals surface area contributed by atoms with Gasteiger partial charge in [0.15, 0.2) is 0 Å². The molecule has 1 unspecified atom stereocenters. The predicted molar refractivity (Wildman–Crippen MR) is 65.1 cm³/mol. The summed E-state index contributed by atoms with van der Waals surface area (Å²) in [6, 6.07) is 5.71. The second-order valence-electron chi connectivity index (χ2n) is 4.36. The Morgan fingerprint density at radius 1 is 1.38 bits per heavy atom. The lowest BCUT2D eigenvalue weighted by atomic mass is 9.97. The van der Waals surface area contributed by atoms with Crippen molar-refractivity contribution in [3.05, 3.63) is 23.2 Å². The topological polar surface area (TPSA) is 32.3 Å². The first-order valence-corrected chi connectivity index (χ1v) is 6.00. The van der Waals surface area contributed by atoms with Crippen LogP contribution in [-0.2, 0) is 4.79 Å². The van der Waals surface area contributed by atoms with E-state index >= 15 is 0 Å². The third kappa shape index (κ3) is 1.47. The molecule has 3 rings (SSSR count). The quantitative estimate of drug-likeness (QED) is 0.751. The third-order valence-corrected chi connectivity index (χ3v) is 3.57. The Morgan fingerprint density at radius 2 is 2.25 bits per heavy atom. The van der Waals surface area contributed by atoms with Crippen molar-refractivity contribution in [2.24, 2.45) is 0 Å². The normalized spacial score (nSPS) is 23.4. The number of hydrogen-bond acceptors (Lipinski definition) is 2. The van der Waals surface area contributed by atoms with Crippen molar-refractivity contribution < 1.29 is 4.79 Å². The Balaban J connectivity index is 2.06. The Morgan fingerprint density at radius 3 is 3.12 bits per heavy atom. The second kappa shape index (κ2) is 3.67. The second-order valence-corrected chi connectivity index (χ2v) is 4.79. The maximum absolute atomic E-state index is 11.9. The molecule has 4 heteroatoms. The van der Waals surface area contributed by atoms with Crippen molar-refractivity contribution in [2.75, 3.05) is 16.8 Å². The number of benzene rings is 1. The first-order valence-electron chi connectivity index (χ1n) is 5.63. The average Bonchev–Trinajstić information content (AvgIpc) is 2.29. The summed E-state index contributed by atoms with van der Waals surface area (Å²) in [7, 11) is 0. The molecule has 1 fully saturated rings. The molecular weight excluding hydrogens is 224 g/mol. The van der Waals surface area contributed by atoms with Gasteiger partial charge in [0.05, 0.1) is 11.4 Å². The fraction of sp³-hybridized carbons (Fsp3) is 0.417. The van der Waals surface area contributed by atoms with Gasteiger partial charge in [0, 0.05) is 11.6 Å². The average molecular weight is 237 g/mol. The number of piperidine rings is 1. The number of carbonyl (C=O) groups is 1. The summed E-state index contributed by atoms with van der Waals surface area (Å²) in [6.45, 7) is 0.965. The van der Waals surface area contributed by atoms with Gasteiger partial charge in [-0.15, -0.1) is 0 Å². The molecule has 1 aromatic carbocycles. The molecule has 0 saturated carbocycles. The van der Waals surface area contributed by atoms with Gasteiger partial charge < -0.3 is 10.2 Å². The van der Waals surface area contributed by atoms with Gasteiger partial charge in [-0.25, -0.2) is 0 Å². The number of anilines is 2. The van der Waals surface area contributed by atoms with Crippen LogP contribution in [0.5, 0.6) is 0 Å². The molecule has 16 heavy (non-hydrogen) atoms. The summed E-state index contributed by atoms with van der Waals surface area (Å²) in [5.41, 5.74) is 1.95. The number of carbonyl (C=O) groups excluding carboxylic acids is 1. The monoisotopic (exact) mass is 236 g/mol. The number of fused-ring (bicyclic) bond motifs is 3. The minimum absolute atomic E-state index is 0.0161. The summed E-state index contributed by atoms with van der Waals surface area (Å²) in [6.07, 6.45) is 3.25. The Kier molecular flexibility index (Phi) is 2.28. The van der Waals surface area contributed by atoms with Gasteiger partial charge in [-0.3, -0.25) is 4.79 Å². The van der Waals surface area contributed by atoms with Gasteiger partial charge in [-0.2, -0.15) is 0 Å². The van der Waals surface area contributed by atoms with E-state index in [0.29, 0.717) is 5.02 Å². The zero-order valence-electron chi connectivity index (χ0n) is 8.87. The molecule has 1 saturated heterocycles. The minimum Gasteiger partial charge on any atom is -0.358 e. The molecule has 0 aliphatic carbocycles. The van der Waals surface area contributed by atoms with Crippen molar-refractivity contribution in [2.45, 2.75) is 25.3 Å². The van der Waals surface area contributed by atoms with Crippen molar-refractivity contribution in [3.8, 4) is 0 Å². The summed E-state index contributed by atoms with van der Waals surface area (Å²) in [5.74, 6) is 0.106. The highest BCUT2D eigenvalue weighted by Gasteiger charge is 2.34. The summed E-state index contributed by atoms with van der Waals surface area (Å²) < 4.78 is 0. The number of nitrogens with one attached hydrogen (secondary N) is 1. The van der Waals surface area contributed by atoms with Crippen LogP contribution in [0, 0.1) is 0 Å².